The molecular weight excluding hydrogens is 431 g/mol. The lowest BCUT2D eigenvalue weighted by Gasteiger charge is -2.11. The highest BCUT2D eigenvalue weighted by Crippen LogP contribution is 2.25. The van der Waals surface area contributed by atoms with Gasteiger partial charge in [-0.05, 0) is 48.9 Å². The zero-order valence-electron chi connectivity index (χ0n) is 15.5. The molecule has 0 unspecified atom stereocenters. The molecule has 3 rings (SSSR count). The minimum absolute atomic E-state index is 0.244. The van der Waals surface area contributed by atoms with Crippen molar-refractivity contribution in [3.05, 3.63) is 98.0 Å². The Balaban J connectivity index is 1.72. The zero-order valence-corrected chi connectivity index (χ0v) is 17.7. The first-order chi connectivity index (χ1) is 13.9. The molecule has 1 amide bonds. The summed E-state index contributed by atoms with van der Waals surface area (Å²) in [5, 5.41) is 5.64. The van der Waals surface area contributed by atoms with Crippen molar-refractivity contribution in [3.8, 4) is 5.75 Å². The number of nitrogens with one attached hydrogen (secondary N) is 1. The van der Waals surface area contributed by atoms with Gasteiger partial charge in [0.05, 0.1) is 6.21 Å². The van der Waals surface area contributed by atoms with Gasteiger partial charge in [-0.1, -0.05) is 59.1 Å². The second-order valence-electron chi connectivity index (χ2n) is 6.22. The van der Waals surface area contributed by atoms with E-state index in [0.29, 0.717) is 31.9 Å². The summed E-state index contributed by atoms with van der Waals surface area (Å²) in [5.41, 5.74) is 5.36. The van der Waals surface area contributed by atoms with Crippen molar-refractivity contribution >= 4 is 46.9 Å². The first-order valence-electron chi connectivity index (χ1n) is 8.69. The Bertz CT molecular complexity index is 1070. The fraction of sp³-hybridized carbons (Fsp3) is 0.0909. The van der Waals surface area contributed by atoms with E-state index in [4.69, 9.17) is 39.5 Å². The SMILES string of the molecule is Cc1ccccc1C(=O)N/N=C/c1cc(Cl)ccc1OCc1ccc(Cl)cc1Cl. The Kier molecular flexibility index (Phi) is 7.15. The quantitative estimate of drug-likeness (QED) is 0.356. The molecule has 0 saturated carbocycles. The fourth-order valence-electron chi connectivity index (χ4n) is 2.59. The Morgan fingerprint density at radius 2 is 1.76 bits per heavy atom. The van der Waals surface area contributed by atoms with E-state index in [2.05, 4.69) is 10.5 Å². The van der Waals surface area contributed by atoms with Gasteiger partial charge >= 0.3 is 0 Å². The number of hydrazone groups is 1. The molecule has 3 aromatic rings. The van der Waals surface area contributed by atoms with Gasteiger partial charge in [-0.15, -0.1) is 0 Å². The summed E-state index contributed by atoms with van der Waals surface area (Å²) < 4.78 is 5.87. The third kappa shape index (κ3) is 5.73. The van der Waals surface area contributed by atoms with Crippen LogP contribution in [0.4, 0.5) is 0 Å². The maximum atomic E-state index is 12.3. The summed E-state index contributed by atoms with van der Waals surface area (Å²) in [6.45, 7) is 2.11. The topological polar surface area (TPSA) is 50.7 Å². The minimum atomic E-state index is -0.295. The molecule has 1 N–H and O–H groups in total. The molecule has 0 aliphatic carbocycles. The van der Waals surface area contributed by atoms with E-state index in [-0.39, 0.29) is 12.5 Å². The average molecular weight is 448 g/mol. The van der Waals surface area contributed by atoms with Crippen molar-refractivity contribution in [1.82, 2.24) is 5.43 Å². The molecule has 4 nitrogen and oxygen atoms in total. The van der Waals surface area contributed by atoms with Crippen LogP contribution in [0.15, 0.2) is 65.8 Å². The highest BCUT2D eigenvalue weighted by Gasteiger charge is 2.08. The van der Waals surface area contributed by atoms with Crippen LogP contribution in [0.5, 0.6) is 5.75 Å². The summed E-state index contributed by atoms with van der Waals surface area (Å²) >= 11 is 18.2. The molecule has 0 saturated heterocycles. The minimum Gasteiger partial charge on any atom is -0.488 e. The zero-order chi connectivity index (χ0) is 20.8. The van der Waals surface area contributed by atoms with Gasteiger partial charge in [-0.2, -0.15) is 5.10 Å². The number of nitrogens with zero attached hydrogens (tertiary/aromatic N) is 1. The van der Waals surface area contributed by atoms with Gasteiger partial charge in [0.2, 0.25) is 0 Å². The molecule has 0 spiro atoms. The van der Waals surface area contributed by atoms with Crippen LogP contribution in [0.3, 0.4) is 0 Å². The summed E-state index contributed by atoms with van der Waals surface area (Å²) in [5.74, 6) is 0.256. The highest BCUT2D eigenvalue weighted by atomic mass is 35.5. The lowest BCUT2D eigenvalue weighted by molar-refractivity contribution is 0.0954. The second kappa shape index (κ2) is 9.79. The van der Waals surface area contributed by atoms with Gasteiger partial charge in [0.15, 0.2) is 0 Å². The van der Waals surface area contributed by atoms with Crippen LogP contribution in [-0.4, -0.2) is 12.1 Å². The fourth-order valence-corrected chi connectivity index (χ4v) is 3.24. The van der Waals surface area contributed by atoms with Crippen molar-refractivity contribution < 1.29 is 9.53 Å². The molecule has 0 radical (unpaired) electrons. The number of halogens is 3. The number of hydrogen-bond acceptors (Lipinski definition) is 3. The number of hydrogen-bond donors (Lipinski definition) is 1. The molecule has 0 aliphatic rings. The van der Waals surface area contributed by atoms with E-state index < -0.39 is 0 Å². The van der Waals surface area contributed by atoms with Crippen LogP contribution in [0.1, 0.15) is 27.0 Å². The Labute approximate surface area is 184 Å². The van der Waals surface area contributed by atoms with Crippen LogP contribution in [-0.2, 0) is 6.61 Å². The Hall–Kier alpha value is -2.53. The van der Waals surface area contributed by atoms with Gasteiger partial charge in [-0.3, -0.25) is 4.79 Å². The Morgan fingerprint density at radius 1 is 1.03 bits per heavy atom. The van der Waals surface area contributed by atoms with Gasteiger partial charge in [0.25, 0.3) is 5.91 Å². The molecule has 0 heterocycles. The first kappa shape index (κ1) is 21.2. The molecule has 0 aromatic heterocycles. The van der Waals surface area contributed by atoms with Gasteiger partial charge in [0, 0.05) is 31.8 Å². The van der Waals surface area contributed by atoms with Gasteiger partial charge < -0.3 is 4.74 Å². The van der Waals surface area contributed by atoms with Crippen LogP contribution in [0.25, 0.3) is 0 Å². The van der Waals surface area contributed by atoms with Crippen molar-refractivity contribution in [1.29, 1.82) is 0 Å². The second-order valence-corrected chi connectivity index (χ2v) is 7.50. The molecule has 0 aliphatic heterocycles. The lowest BCUT2D eigenvalue weighted by Crippen LogP contribution is -2.18. The molecule has 3 aromatic carbocycles. The van der Waals surface area contributed by atoms with E-state index >= 15 is 0 Å². The normalized spacial score (nSPS) is 10.9. The van der Waals surface area contributed by atoms with Crippen LogP contribution >= 0.6 is 34.8 Å². The smallest absolute Gasteiger partial charge is 0.271 e. The van der Waals surface area contributed by atoms with Gasteiger partial charge in [0.1, 0.15) is 12.4 Å². The molecule has 0 atom stereocenters. The van der Waals surface area contributed by atoms with E-state index in [1.165, 1.54) is 6.21 Å². The van der Waals surface area contributed by atoms with Crippen molar-refractivity contribution in [3.63, 3.8) is 0 Å². The lowest BCUT2D eigenvalue weighted by atomic mass is 10.1. The average Bonchev–Trinajstić information content (AvgIpc) is 2.69. The van der Waals surface area contributed by atoms with E-state index in [1.54, 1.807) is 48.5 Å². The number of carbonyl (C=O) groups excluding carboxylic acids is 1. The molecule has 29 heavy (non-hydrogen) atoms. The molecule has 0 bridgehead atoms. The first-order valence-corrected chi connectivity index (χ1v) is 9.83. The number of rotatable bonds is 6. The number of ether oxygens (including phenoxy) is 1. The monoisotopic (exact) mass is 446 g/mol. The van der Waals surface area contributed by atoms with Gasteiger partial charge in [-0.25, -0.2) is 5.43 Å². The number of carbonyl (C=O) groups is 1. The van der Waals surface area contributed by atoms with Crippen LogP contribution < -0.4 is 10.2 Å². The van der Waals surface area contributed by atoms with Crippen LogP contribution in [0.2, 0.25) is 15.1 Å². The predicted molar refractivity (Wildman–Crippen MR) is 118 cm³/mol. The van der Waals surface area contributed by atoms with Crippen molar-refractivity contribution in [2.45, 2.75) is 13.5 Å². The van der Waals surface area contributed by atoms with E-state index in [1.807, 2.05) is 19.1 Å². The summed E-state index contributed by atoms with van der Waals surface area (Å²) in [4.78, 5) is 12.3. The van der Waals surface area contributed by atoms with E-state index in [9.17, 15) is 4.79 Å². The standard InChI is InChI=1S/C22H17Cl3N2O2/c1-14-4-2-3-5-19(14)22(28)27-26-12-16-10-17(23)8-9-21(16)29-13-15-6-7-18(24)11-20(15)25/h2-12H,13H2,1H3,(H,27,28)/b26-12+. The molecule has 7 heteroatoms. The predicted octanol–water partition coefficient (Wildman–Crippen LogP) is 6.30. The Morgan fingerprint density at radius 3 is 2.52 bits per heavy atom. The van der Waals surface area contributed by atoms with Crippen molar-refractivity contribution in [2.75, 3.05) is 0 Å². The third-order valence-electron chi connectivity index (χ3n) is 4.13. The van der Waals surface area contributed by atoms with E-state index in [0.717, 1.165) is 11.1 Å². The molecular formula is C22H17Cl3N2O2. The van der Waals surface area contributed by atoms with Crippen LogP contribution in [0, 0.1) is 6.92 Å². The number of benzene rings is 3. The third-order valence-corrected chi connectivity index (χ3v) is 4.95. The molecule has 148 valence electrons. The maximum absolute atomic E-state index is 12.3. The summed E-state index contributed by atoms with van der Waals surface area (Å²) in [6, 6.07) is 17.6. The number of aryl methyl sites for hydroxylation is 1. The number of amides is 1. The summed E-state index contributed by atoms with van der Waals surface area (Å²) in [6.07, 6.45) is 1.49. The summed E-state index contributed by atoms with van der Waals surface area (Å²) in [7, 11) is 0. The van der Waals surface area contributed by atoms with Crippen molar-refractivity contribution in [2.24, 2.45) is 5.10 Å². The molecule has 0 fully saturated rings. The maximum Gasteiger partial charge on any atom is 0.271 e. The largest absolute Gasteiger partial charge is 0.488 e. The highest BCUT2D eigenvalue weighted by molar-refractivity contribution is 6.35.